The monoisotopic (exact) mass is 636 g/mol. The van der Waals surface area contributed by atoms with E-state index >= 15 is 0 Å². The molecule has 0 aliphatic heterocycles. The summed E-state index contributed by atoms with van der Waals surface area (Å²) in [5.74, 6) is 1.62. The Morgan fingerprint density at radius 1 is 0.706 bits per heavy atom. The van der Waals surface area contributed by atoms with E-state index in [9.17, 15) is 0 Å². The van der Waals surface area contributed by atoms with Crippen LogP contribution in [0.1, 0.15) is 12.8 Å². The van der Waals surface area contributed by atoms with Gasteiger partial charge in [0.15, 0.2) is 0 Å². The van der Waals surface area contributed by atoms with Crippen molar-refractivity contribution in [2.24, 2.45) is 11.8 Å². The van der Waals surface area contributed by atoms with Gasteiger partial charge >= 0.3 is 25.8 Å². The third-order valence-corrected chi connectivity index (χ3v) is 8.53. The van der Waals surface area contributed by atoms with Crippen LogP contribution in [0.5, 0.6) is 0 Å². The van der Waals surface area contributed by atoms with E-state index in [-0.39, 0.29) is 35.3 Å². The van der Waals surface area contributed by atoms with E-state index in [2.05, 4.69) is 128 Å². The van der Waals surface area contributed by atoms with E-state index < -0.39 is 7.92 Å². The standard InChI is InChI=1S/C21H16P.C9H11.2FH.Hf/c1-3-11-19(12-4-1)22(20-13-5-2-6-14-20)21-15-17-9-7-8-10-18(17)16-21;1-2-5-9-7-3-6-8(9)4-1;;;/h1-16H;1-2,4-6,8-9H,3,7H2;2*1H;/q2*-1;;;+4/p-2. The molecular weight excluding hydrogens is 608 g/mol. The molecule has 2 unspecified atom stereocenters. The van der Waals surface area contributed by atoms with Crippen molar-refractivity contribution >= 4 is 34.6 Å². The molecule has 0 radical (unpaired) electrons. The minimum absolute atomic E-state index is 0. The molecule has 1 saturated carbocycles. The second-order valence-electron chi connectivity index (χ2n) is 8.17. The van der Waals surface area contributed by atoms with Crippen LogP contribution in [0.15, 0.2) is 121 Å². The molecule has 0 aromatic heterocycles. The molecule has 0 bridgehead atoms. The Morgan fingerprint density at radius 3 is 1.91 bits per heavy atom. The summed E-state index contributed by atoms with van der Waals surface area (Å²) in [6.45, 7) is 0. The predicted octanol–water partition coefficient (Wildman–Crippen LogP) is 0.665. The van der Waals surface area contributed by atoms with Gasteiger partial charge in [0, 0.05) is 0 Å². The summed E-state index contributed by atoms with van der Waals surface area (Å²) in [5, 5.41) is 6.89. The second-order valence-corrected chi connectivity index (χ2v) is 10.4. The molecule has 0 amide bonds. The summed E-state index contributed by atoms with van der Waals surface area (Å²) < 4.78 is 0. The molecule has 1 fully saturated rings. The van der Waals surface area contributed by atoms with Gasteiger partial charge in [-0.05, 0) is 24.4 Å². The topological polar surface area (TPSA) is 0 Å². The van der Waals surface area contributed by atoms with Crippen molar-refractivity contribution in [1.29, 1.82) is 0 Å². The first kappa shape index (κ1) is 28.1. The average Bonchev–Trinajstić information content (AvgIpc) is 3.48. The zero-order valence-corrected chi connectivity index (χ0v) is 23.4. The van der Waals surface area contributed by atoms with Crippen LogP contribution in [-0.4, -0.2) is 0 Å². The maximum absolute atomic E-state index is 2.42. The molecule has 0 saturated heterocycles. The molecule has 2 aliphatic carbocycles. The van der Waals surface area contributed by atoms with E-state index in [1.54, 1.807) is 0 Å². The van der Waals surface area contributed by atoms with Crippen molar-refractivity contribution < 1.29 is 35.3 Å². The van der Waals surface area contributed by atoms with E-state index in [0.29, 0.717) is 0 Å². The molecule has 170 valence electrons. The molecule has 4 aromatic rings. The van der Waals surface area contributed by atoms with Gasteiger partial charge in [0.1, 0.15) is 0 Å². The molecule has 0 heterocycles. The summed E-state index contributed by atoms with van der Waals surface area (Å²) in [5.41, 5.74) is 0. The van der Waals surface area contributed by atoms with Crippen LogP contribution in [0.25, 0.3) is 10.8 Å². The smallest absolute Gasteiger partial charge is 1.00 e. The number of benzene rings is 3. The normalized spacial score (nSPS) is 17.6. The van der Waals surface area contributed by atoms with E-state index in [0.717, 1.165) is 11.8 Å². The van der Waals surface area contributed by atoms with Gasteiger partial charge in [0.2, 0.25) is 0 Å². The van der Waals surface area contributed by atoms with Crippen LogP contribution in [0, 0.1) is 18.3 Å². The number of hydrogen-bond acceptors (Lipinski definition) is 0. The largest absolute Gasteiger partial charge is 4.00 e. The molecule has 0 nitrogen and oxygen atoms in total. The zero-order chi connectivity index (χ0) is 20.9. The van der Waals surface area contributed by atoms with Crippen LogP contribution in [-0.2, 0) is 25.8 Å². The third-order valence-electron chi connectivity index (χ3n) is 6.13. The summed E-state index contributed by atoms with van der Waals surface area (Å²) in [4.78, 5) is 0. The molecule has 34 heavy (non-hydrogen) atoms. The Balaban J connectivity index is 0.000000290. The van der Waals surface area contributed by atoms with E-state index in [1.807, 2.05) is 0 Å². The van der Waals surface area contributed by atoms with Gasteiger partial charge in [-0.15, -0.1) is 52.3 Å². The number of allylic oxidation sites excluding steroid dienone is 4. The summed E-state index contributed by atoms with van der Waals surface area (Å²) >= 11 is 0. The first-order chi connectivity index (χ1) is 15.4. The number of hydrogen-bond donors (Lipinski definition) is 0. The number of halogens is 2. The van der Waals surface area contributed by atoms with Crippen LogP contribution in [0.4, 0.5) is 0 Å². The van der Waals surface area contributed by atoms with Crippen molar-refractivity contribution in [2.45, 2.75) is 12.8 Å². The quantitative estimate of drug-likeness (QED) is 0.177. The van der Waals surface area contributed by atoms with Gasteiger partial charge in [0.25, 0.3) is 0 Å². The fraction of sp³-hybridized carbons (Fsp3) is 0.133. The van der Waals surface area contributed by atoms with Gasteiger partial charge in [-0.2, -0.15) is 12.5 Å². The van der Waals surface area contributed by atoms with Crippen molar-refractivity contribution in [2.75, 3.05) is 0 Å². The number of rotatable bonds is 3. The van der Waals surface area contributed by atoms with Crippen LogP contribution >= 0.6 is 7.92 Å². The molecule has 2 atom stereocenters. The molecule has 4 aromatic carbocycles. The first-order valence-electron chi connectivity index (χ1n) is 11.1. The summed E-state index contributed by atoms with van der Waals surface area (Å²) in [6, 6.07) is 35.0. The maximum atomic E-state index is 2.42. The Labute approximate surface area is 221 Å². The average molecular weight is 635 g/mol. The first-order valence-corrected chi connectivity index (χ1v) is 12.5. The maximum Gasteiger partial charge on any atom is 4.00 e. The third kappa shape index (κ3) is 6.52. The molecule has 2 aliphatic rings. The Morgan fingerprint density at radius 2 is 1.29 bits per heavy atom. The van der Waals surface area contributed by atoms with Crippen molar-refractivity contribution in [3.63, 3.8) is 0 Å². The second kappa shape index (κ2) is 13.7. The molecule has 4 heteroatoms. The van der Waals surface area contributed by atoms with Crippen molar-refractivity contribution in [1.82, 2.24) is 0 Å². The fourth-order valence-corrected chi connectivity index (χ4v) is 6.93. The minimum Gasteiger partial charge on any atom is -1.00 e. The van der Waals surface area contributed by atoms with E-state index in [4.69, 9.17) is 0 Å². The van der Waals surface area contributed by atoms with E-state index in [1.165, 1.54) is 39.5 Å². The van der Waals surface area contributed by atoms with Crippen LogP contribution < -0.4 is 25.3 Å². The van der Waals surface area contributed by atoms with Gasteiger partial charge in [0.05, 0.1) is 0 Å². The molecular formula is C30H27F2HfP. The van der Waals surface area contributed by atoms with Gasteiger partial charge in [-0.25, -0.2) is 0 Å². The fourth-order valence-electron chi connectivity index (χ4n) is 4.56. The van der Waals surface area contributed by atoms with Crippen molar-refractivity contribution in [3.05, 3.63) is 128 Å². The SMILES string of the molecule is C1=CC2[CH-]CCC2C=C1.[F-].[F-].[Hf+4].c1ccc(P(c2ccccc2)c2cc3ccccc3[cH-]2)cc1. The van der Waals surface area contributed by atoms with Gasteiger partial charge in [-0.1, -0.05) is 91.4 Å². The number of fused-ring (bicyclic) bond motifs is 2. The predicted molar refractivity (Wildman–Crippen MR) is 137 cm³/mol. The summed E-state index contributed by atoms with van der Waals surface area (Å²) in [7, 11) is -0.493. The van der Waals surface area contributed by atoms with Gasteiger partial charge < -0.3 is 15.8 Å². The molecule has 0 N–H and O–H groups in total. The Hall–Kier alpha value is -2.09. The summed E-state index contributed by atoms with van der Waals surface area (Å²) in [6.07, 6.45) is 14.1. The Bertz CT molecular complexity index is 1090. The minimum atomic E-state index is -0.493. The van der Waals surface area contributed by atoms with Crippen molar-refractivity contribution in [3.8, 4) is 0 Å². The van der Waals surface area contributed by atoms with Crippen LogP contribution in [0.2, 0.25) is 0 Å². The molecule has 6 rings (SSSR count). The zero-order valence-electron chi connectivity index (χ0n) is 18.9. The Kier molecular flexibility index (Phi) is 11.4. The molecule has 0 spiro atoms. The van der Waals surface area contributed by atoms with Crippen LogP contribution in [0.3, 0.4) is 0 Å². The van der Waals surface area contributed by atoms with Gasteiger partial charge in [-0.3, -0.25) is 0 Å².